The molecule has 6 heteroatoms. The second-order valence-corrected chi connectivity index (χ2v) is 3.94. The van der Waals surface area contributed by atoms with Crippen LogP contribution in [-0.2, 0) is 0 Å². The Hall–Kier alpha value is -0.940. The highest BCUT2D eigenvalue weighted by atomic mass is 19.4. The fraction of sp³-hybridized carbons (Fsp3) is 0.889. The Labute approximate surface area is 86.2 Å². The summed E-state index contributed by atoms with van der Waals surface area (Å²) in [5.74, 6) is -1.82. The molecule has 1 fully saturated rings. The van der Waals surface area contributed by atoms with Gasteiger partial charge in [0.15, 0.2) is 0 Å². The van der Waals surface area contributed by atoms with Gasteiger partial charge in [-0.1, -0.05) is 12.8 Å². The van der Waals surface area contributed by atoms with Crippen LogP contribution in [0.1, 0.15) is 25.7 Å². The summed E-state index contributed by atoms with van der Waals surface area (Å²) in [5.41, 5.74) is 4.83. The first-order valence-electron chi connectivity index (χ1n) is 5.01. The van der Waals surface area contributed by atoms with E-state index in [9.17, 15) is 18.0 Å². The highest BCUT2D eigenvalue weighted by molar-refractivity contribution is 5.71. The van der Waals surface area contributed by atoms with Gasteiger partial charge in [-0.15, -0.1) is 0 Å². The van der Waals surface area contributed by atoms with E-state index < -0.39 is 24.0 Å². The average Bonchev–Trinajstić information content (AvgIpc) is 2.13. The maximum absolute atomic E-state index is 12.6. The van der Waals surface area contributed by atoms with Gasteiger partial charge in [0.1, 0.15) is 0 Å². The number of hydrogen-bond acceptors (Lipinski definition) is 1. The lowest BCUT2D eigenvalue weighted by Gasteiger charge is -2.32. The Kier molecular flexibility index (Phi) is 3.82. The lowest BCUT2D eigenvalue weighted by Crippen LogP contribution is -2.41. The van der Waals surface area contributed by atoms with Gasteiger partial charge in [0.25, 0.3) is 0 Å². The van der Waals surface area contributed by atoms with Crippen LogP contribution in [0.2, 0.25) is 0 Å². The van der Waals surface area contributed by atoms with Crippen molar-refractivity contribution in [1.29, 1.82) is 0 Å². The fourth-order valence-electron chi connectivity index (χ4n) is 2.11. The van der Waals surface area contributed by atoms with Gasteiger partial charge >= 0.3 is 12.2 Å². The minimum absolute atomic E-state index is 0.0273. The molecule has 0 radical (unpaired) electrons. The normalized spacial score (nSPS) is 27.4. The maximum atomic E-state index is 12.6. The second kappa shape index (κ2) is 4.72. The molecule has 0 saturated heterocycles. The predicted octanol–water partition coefficient (Wildman–Crippen LogP) is 2.02. The molecule has 0 spiro atoms. The molecule has 3 nitrogen and oxygen atoms in total. The van der Waals surface area contributed by atoms with Crippen LogP contribution in [-0.4, -0.2) is 18.8 Å². The molecule has 0 unspecified atom stereocenters. The Morgan fingerprint density at radius 1 is 1.33 bits per heavy atom. The first kappa shape index (κ1) is 12.1. The average molecular weight is 224 g/mol. The fourth-order valence-corrected chi connectivity index (χ4v) is 2.11. The molecule has 0 aliphatic heterocycles. The molecule has 1 saturated carbocycles. The van der Waals surface area contributed by atoms with E-state index in [4.69, 9.17) is 5.73 Å². The van der Waals surface area contributed by atoms with E-state index in [-0.39, 0.29) is 13.0 Å². The molecule has 2 atom stereocenters. The number of amides is 2. The number of nitrogens with two attached hydrogens (primary N) is 1. The van der Waals surface area contributed by atoms with Crippen LogP contribution in [0.3, 0.4) is 0 Å². The number of rotatable bonds is 2. The number of urea groups is 1. The van der Waals surface area contributed by atoms with Gasteiger partial charge in [0, 0.05) is 6.54 Å². The maximum Gasteiger partial charge on any atom is 0.392 e. The van der Waals surface area contributed by atoms with Crippen LogP contribution in [0, 0.1) is 11.8 Å². The van der Waals surface area contributed by atoms with Crippen LogP contribution in [0.4, 0.5) is 18.0 Å². The number of carbonyl (C=O) groups excluding carboxylic acids is 1. The molecule has 1 rings (SSSR count). The minimum atomic E-state index is -4.16. The third-order valence-corrected chi connectivity index (χ3v) is 2.87. The van der Waals surface area contributed by atoms with Crippen molar-refractivity contribution in [1.82, 2.24) is 5.32 Å². The molecule has 0 aromatic heterocycles. The van der Waals surface area contributed by atoms with E-state index in [2.05, 4.69) is 5.32 Å². The van der Waals surface area contributed by atoms with Crippen molar-refractivity contribution < 1.29 is 18.0 Å². The summed E-state index contributed by atoms with van der Waals surface area (Å²) in [4.78, 5) is 10.4. The van der Waals surface area contributed by atoms with Gasteiger partial charge in [0.05, 0.1) is 5.92 Å². The minimum Gasteiger partial charge on any atom is -0.352 e. The Bertz CT molecular complexity index is 230. The lowest BCUT2D eigenvalue weighted by molar-refractivity contribution is -0.195. The first-order valence-corrected chi connectivity index (χ1v) is 5.01. The summed E-state index contributed by atoms with van der Waals surface area (Å²) in [6.07, 6.45) is -2.10. The first-order chi connectivity index (χ1) is 6.91. The third kappa shape index (κ3) is 3.60. The molecule has 0 bridgehead atoms. The van der Waals surface area contributed by atoms with Gasteiger partial charge < -0.3 is 11.1 Å². The van der Waals surface area contributed by atoms with Crippen molar-refractivity contribution >= 4 is 6.03 Å². The number of carbonyl (C=O) groups is 1. The monoisotopic (exact) mass is 224 g/mol. The lowest BCUT2D eigenvalue weighted by atomic mass is 9.79. The third-order valence-electron chi connectivity index (χ3n) is 2.87. The SMILES string of the molecule is NC(=O)NC[C@@H]1CCCC[C@@H]1C(F)(F)F. The van der Waals surface area contributed by atoms with Gasteiger partial charge in [0.2, 0.25) is 0 Å². The molecular formula is C9H15F3N2O. The molecule has 2 amide bonds. The topological polar surface area (TPSA) is 55.1 Å². The van der Waals surface area contributed by atoms with Crippen LogP contribution >= 0.6 is 0 Å². The van der Waals surface area contributed by atoms with E-state index in [1.165, 1.54) is 0 Å². The van der Waals surface area contributed by atoms with E-state index >= 15 is 0 Å². The van der Waals surface area contributed by atoms with Crippen LogP contribution in [0.25, 0.3) is 0 Å². The Balaban J connectivity index is 2.54. The summed E-state index contributed by atoms with van der Waals surface area (Å²) in [6.45, 7) is 0.0273. The molecule has 3 N–H and O–H groups in total. The van der Waals surface area contributed by atoms with Crippen LogP contribution < -0.4 is 11.1 Å². The number of alkyl halides is 3. The molecule has 0 aromatic carbocycles. The summed E-state index contributed by atoms with van der Waals surface area (Å²) >= 11 is 0. The Morgan fingerprint density at radius 2 is 1.93 bits per heavy atom. The van der Waals surface area contributed by atoms with E-state index in [0.29, 0.717) is 12.8 Å². The molecule has 88 valence electrons. The van der Waals surface area contributed by atoms with E-state index in [1.807, 2.05) is 0 Å². The zero-order valence-electron chi connectivity index (χ0n) is 8.31. The smallest absolute Gasteiger partial charge is 0.352 e. The summed E-state index contributed by atoms with van der Waals surface area (Å²) in [5, 5.41) is 2.26. The standard InChI is InChI=1S/C9H15F3N2O/c10-9(11,12)7-4-2-1-3-6(7)5-14-8(13)15/h6-7H,1-5H2,(H3,13,14,15)/t6-,7-/m0/s1. The highest BCUT2D eigenvalue weighted by Gasteiger charge is 2.45. The number of nitrogens with one attached hydrogen (secondary N) is 1. The van der Waals surface area contributed by atoms with Crippen molar-refractivity contribution in [3.8, 4) is 0 Å². The summed E-state index contributed by atoms with van der Waals surface area (Å²) < 4.78 is 37.7. The number of halogens is 3. The summed E-state index contributed by atoms with van der Waals surface area (Å²) in [6, 6.07) is -0.763. The number of hydrogen-bond donors (Lipinski definition) is 2. The van der Waals surface area contributed by atoms with Gasteiger partial charge in [-0.2, -0.15) is 13.2 Å². The van der Waals surface area contributed by atoms with Gasteiger partial charge in [-0.25, -0.2) is 4.79 Å². The van der Waals surface area contributed by atoms with Crippen LogP contribution in [0.15, 0.2) is 0 Å². The molecule has 15 heavy (non-hydrogen) atoms. The van der Waals surface area contributed by atoms with E-state index in [0.717, 1.165) is 6.42 Å². The van der Waals surface area contributed by atoms with Crippen LogP contribution in [0.5, 0.6) is 0 Å². The van der Waals surface area contributed by atoms with Gasteiger partial charge in [-0.05, 0) is 18.8 Å². The van der Waals surface area contributed by atoms with Crippen molar-refractivity contribution in [2.24, 2.45) is 17.6 Å². The molecule has 0 aromatic rings. The zero-order valence-corrected chi connectivity index (χ0v) is 8.31. The van der Waals surface area contributed by atoms with Crippen molar-refractivity contribution in [3.05, 3.63) is 0 Å². The van der Waals surface area contributed by atoms with Crippen molar-refractivity contribution in [3.63, 3.8) is 0 Å². The van der Waals surface area contributed by atoms with Crippen molar-refractivity contribution in [2.45, 2.75) is 31.9 Å². The summed E-state index contributed by atoms with van der Waals surface area (Å²) in [7, 11) is 0. The molecule has 1 aliphatic carbocycles. The molecular weight excluding hydrogens is 209 g/mol. The largest absolute Gasteiger partial charge is 0.392 e. The molecule has 1 aliphatic rings. The zero-order chi connectivity index (χ0) is 11.5. The second-order valence-electron chi connectivity index (χ2n) is 3.94. The Morgan fingerprint density at radius 3 is 2.47 bits per heavy atom. The number of primary amides is 1. The predicted molar refractivity (Wildman–Crippen MR) is 49.1 cm³/mol. The van der Waals surface area contributed by atoms with Gasteiger partial charge in [-0.3, -0.25) is 0 Å². The quantitative estimate of drug-likeness (QED) is 0.740. The van der Waals surface area contributed by atoms with Crippen molar-refractivity contribution in [2.75, 3.05) is 6.54 Å². The van der Waals surface area contributed by atoms with E-state index in [1.54, 1.807) is 0 Å². The highest BCUT2D eigenvalue weighted by Crippen LogP contribution is 2.40. The molecule has 0 heterocycles.